The Bertz CT molecular complexity index is 686. The van der Waals surface area contributed by atoms with Crippen LogP contribution in [0, 0.1) is 0 Å². The van der Waals surface area contributed by atoms with Gasteiger partial charge in [0.15, 0.2) is 11.5 Å². The van der Waals surface area contributed by atoms with Gasteiger partial charge in [0.1, 0.15) is 5.75 Å². The molecule has 1 aliphatic rings. The molecule has 0 aromatic heterocycles. The van der Waals surface area contributed by atoms with Crippen LogP contribution in [-0.4, -0.2) is 17.7 Å². The maximum Gasteiger partial charge on any atom is 0.231 e. The first-order valence-electron chi connectivity index (χ1n) is 6.84. The van der Waals surface area contributed by atoms with Gasteiger partial charge in [-0.05, 0) is 42.0 Å². The predicted molar refractivity (Wildman–Crippen MR) is 92.2 cm³/mol. The summed E-state index contributed by atoms with van der Waals surface area (Å²) in [7, 11) is 1.61. The van der Waals surface area contributed by atoms with Crippen molar-refractivity contribution in [2.75, 3.05) is 19.2 Å². The summed E-state index contributed by atoms with van der Waals surface area (Å²) < 4.78 is 14.3. The van der Waals surface area contributed by atoms with Gasteiger partial charge in [-0.3, -0.25) is 0 Å². The van der Waals surface area contributed by atoms with Crippen molar-refractivity contribution in [2.45, 2.75) is 9.83 Å². The van der Waals surface area contributed by atoms with Gasteiger partial charge >= 0.3 is 0 Å². The molecule has 3 rings (SSSR count). The van der Waals surface area contributed by atoms with Crippen LogP contribution in [0.5, 0.6) is 17.2 Å². The minimum atomic E-state index is -1.55. The molecule has 0 amide bonds. The van der Waals surface area contributed by atoms with E-state index >= 15 is 0 Å². The SMILES string of the molecule is COc1ccc(NC(c2ccc3c(c2)OCO3)C(Cl)(Cl)Cl)cc1. The summed E-state index contributed by atoms with van der Waals surface area (Å²) in [5.41, 5.74) is 1.59. The molecule has 1 N–H and O–H groups in total. The molecule has 1 heterocycles. The monoisotopic (exact) mass is 373 g/mol. The second-order valence-electron chi connectivity index (χ2n) is 4.96. The number of methoxy groups -OCH3 is 1. The van der Waals surface area contributed by atoms with Crippen molar-refractivity contribution in [2.24, 2.45) is 0 Å². The molecule has 7 heteroatoms. The molecule has 0 radical (unpaired) electrons. The van der Waals surface area contributed by atoms with Gasteiger partial charge in [-0.15, -0.1) is 0 Å². The second kappa shape index (κ2) is 6.56. The quantitative estimate of drug-likeness (QED) is 0.769. The third-order valence-electron chi connectivity index (χ3n) is 3.46. The van der Waals surface area contributed by atoms with Crippen molar-refractivity contribution in [1.29, 1.82) is 0 Å². The largest absolute Gasteiger partial charge is 0.497 e. The van der Waals surface area contributed by atoms with Gasteiger partial charge in [-0.25, -0.2) is 0 Å². The molecule has 0 aliphatic carbocycles. The Balaban J connectivity index is 1.88. The number of anilines is 1. The Hall–Kier alpha value is -1.49. The van der Waals surface area contributed by atoms with Crippen molar-refractivity contribution in [1.82, 2.24) is 0 Å². The highest BCUT2D eigenvalue weighted by Gasteiger charge is 2.35. The highest BCUT2D eigenvalue weighted by molar-refractivity contribution is 6.68. The van der Waals surface area contributed by atoms with Gasteiger partial charge in [0.25, 0.3) is 0 Å². The molecule has 0 saturated carbocycles. The topological polar surface area (TPSA) is 39.7 Å². The van der Waals surface area contributed by atoms with Crippen LogP contribution in [-0.2, 0) is 0 Å². The fourth-order valence-corrected chi connectivity index (χ4v) is 2.84. The van der Waals surface area contributed by atoms with E-state index in [0.717, 1.165) is 17.0 Å². The molecule has 0 saturated heterocycles. The van der Waals surface area contributed by atoms with Crippen LogP contribution >= 0.6 is 34.8 Å². The Morgan fingerprint density at radius 1 is 1.04 bits per heavy atom. The summed E-state index contributed by atoms with van der Waals surface area (Å²) in [5.74, 6) is 2.07. The molecule has 0 fully saturated rings. The molecule has 2 aromatic rings. The van der Waals surface area contributed by atoms with Crippen LogP contribution in [0.3, 0.4) is 0 Å². The summed E-state index contributed by atoms with van der Waals surface area (Å²) in [6, 6.07) is 12.3. The number of halogens is 3. The molecular formula is C16H14Cl3NO3. The highest BCUT2D eigenvalue weighted by atomic mass is 35.6. The summed E-state index contributed by atoms with van der Waals surface area (Å²) in [5, 5.41) is 3.23. The Labute approximate surface area is 149 Å². The minimum absolute atomic E-state index is 0.198. The lowest BCUT2D eigenvalue weighted by Gasteiger charge is -2.27. The number of alkyl halides is 3. The number of ether oxygens (including phenoxy) is 3. The van der Waals surface area contributed by atoms with E-state index in [0.29, 0.717) is 11.5 Å². The standard InChI is InChI=1S/C16H14Cl3NO3/c1-21-12-5-3-11(4-6-12)20-15(16(17,18)19)10-2-7-13-14(8-10)23-9-22-13/h2-8,15,20H,9H2,1H3. The van der Waals surface area contributed by atoms with Gasteiger partial charge in [0, 0.05) is 5.69 Å². The van der Waals surface area contributed by atoms with Gasteiger partial charge in [0.05, 0.1) is 13.2 Å². The number of nitrogens with one attached hydrogen (secondary N) is 1. The van der Waals surface area contributed by atoms with E-state index in [4.69, 9.17) is 49.0 Å². The lowest BCUT2D eigenvalue weighted by atomic mass is 10.1. The molecule has 1 unspecified atom stereocenters. The van der Waals surface area contributed by atoms with E-state index in [9.17, 15) is 0 Å². The van der Waals surface area contributed by atoms with E-state index in [1.54, 1.807) is 13.2 Å². The smallest absolute Gasteiger partial charge is 0.231 e. The third kappa shape index (κ3) is 3.71. The van der Waals surface area contributed by atoms with E-state index in [-0.39, 0.29) is 6.79 Å². The van der Waals surface area contributed by atoms with Crippen molar-refractivity contribution in [3.05, 3.63) is 48.0 Å². The number of hydrogen-bond donors (Lipinski definition) is 1. The van der Waals surface area contributed by atoms with E-state index in [1.807, 2.05) is 36.4 Å². The van der Waals surface area contributed by atoms with Crippen LogP contribution in [0.1, 0.15) is 11.6 Å². The number of benzene rings is 2. The van der Waals surface area contributed by atoms with Crippen LogP contribution in [0.2, 0.25) is 0 Å². The molecule has 0 bridgehead atoms. The van der Waals surface area contributed by atoms with E-state index in [2.05, 4.69) is 5.32 Å². The molecular weight excluding hydrogens is 361 g/mol. The summed E-state index contributed by atoms with van der Waals surface area (Å²) in [4.78, 5) is 0. The molecule has 122 valence electrons. The van der Waals surface area contributed by atoms with Crippen molar-refractivity contribution < 1.29 is 14.2 Å². The summed E-state index contributed by atoms with van der Waals surface area (Å²) in [6.45, 7) is 0.198. The normalized spacial score (nSPS) is 14.4. The zero-order valence-corrected chi connectivity index (χ0v) is 14.5. The average Bonchev–Trinajstić information content (AvgIpc) is 2.99. The van der Waals surface area contributed by atoms with E-state index in [1.165, 1.54) is 0 Å². The first-order valence-corrected chi connectivity index (χ1v) is 7.97. The first kappa shape index (κ1) is 16.4. The highest BCUT2D eigenvalue weighted by Crippen LogP contribution is 2.44. The maximum absolute atomic E-state index is 6.16. The number of fused-ring (bicyclic) bond motifs is 1. The van der Waals surface area contributed by atoms with Crippen LogP contribution in [0.4, 0.5) is 5.69 Å². The second-order valence-corrected chi connectivity index (χ2v) is 7.33. The number of rotatable bonds is 4. The minimum Gasteiger partial charge on any atom is -0.497 e. The van der Waals surface area contributed by atoms with Crippen molar-refractivity contribution in [3.8, 4) is 17.2 Å². The van der Waals surface area contributed by atoms with Gasteiger partial charge in [-0.2, -0.15) is 0 Å². The Morgan fingerprint density at radius 3 is 2.39 bits per heavy atom. The lowest BCUT2D eigenvalue weighted by Crippen LogP contribution is -2.25. The van der Waals surface area contributed by atoms with Crippen LogP contribution in [0.15, 0.2) is 42.5 Å². The van der Waals surface area contributed by atoms with Gasteiger partial charge in [0.2, 0.25) is 10.6 Å². The molecule has 23 heavy (non-hydrogen) atoms. The summed E-state index contributed by atoms with van der Waals surface area (Å²) >= 11 is 18.5. The zero-order valence-electron chi connectivity index (χ0n) is 12.2. The van der Waals surface area contributed by atoms with Crippen LogP contribution in [0.25, 0.3) is 0 Å². The van der Waals surface area contributed by atoms with Crippen LogP contribution < -0.4 is 19.5 Å². The fraction of sp³-hybridized carbons (Fsp3) is 0.250. The maximum atomic E-state index is 6.16. The molecule has 4 nitrogen and oxygen atoms in total. The number of hydrogen-bond acceptors (Lipinski definition) is 4. The lowest BCUT2D eigenvalue weighted by molar-refractivity contribution is 0.174. The molecule has 0 spiro atoms. The average molecular weight is 375 g/mol. The van der Waals surface area contributed by atoms with Gasteiger partial charge in [-0.1, -0.05) is 40.9 Å². The van der Waals surface area contributed by atoms with Crippen molar-refractivity contribution >= 4 is 40.5 Å². The predicted octanol–water partition coefficient (Wildman–Crippen LogP) is 4.95. The van der Waals surface area contributed by atoms with Crippen molar-refractivity contribution in [3.63, 3.8) is 0 Å². The fourth-order valence-electron chi connectivity index (χ4n) is 2.30. The van der Waals surface area contributed by atoms with Gasteiger partial charge < -0.3 is 19.5 Å². The first-order chi connectivity index (χ1) is 11.0. The van der Waals surface area contributed by atoms with E-state index < -0.39 is 9.83 Å². The molecule has 1 atom stereocenters. The molecule has 1 aliphatic heterocycles. The Kier molecular flexibility index (Phi) is 4.67. The Morgan fingerprint density at radius 2 is 1.74 bits per heavy atom. The molecule has 2 aromatic carbocycles. The summed E-state index contributed by atoms with van der Waals surface area (Å²) in [6.07, 6.45) is 0. The zero-order chi connectivity index (χ0) is 16.4. The third-order valence-corrected chi connectivity index (χ3v) is 4.11.